The van der Waals surface area contributed by atoms with Crippen molar-refractivity contribution in [2.24, 2.45) is 0 Å². The van der Waals surface area contributed by atoms with E-state index in [2.05, 4.69) is 17.1 Å². The van der Waals surface area contributed by atoms with Crippen LogP contribution in [-0.2, 0) is 0 Å². The molecule has 1 heterocycles. The average molecular weight is 211 g/mol. The molecular weight excluding hydrogens is 190 g/mol. The van der Waals surface area contributed by atoms with Gasteiger partial charge in [-0.2, -0.15) is 0 Å². The Balaban J connectivity index is 1.90. The van der Waals surface area contributed by atoms with Crippen LogP contribution in [0.1, 0.15) is 26.2 Å². The molecule has 0 bridgehead atoms. The largest absolute Gasteiger partial charge is 0.322 e. The SMILES string of the molecule is CCCN(C(=O)N1CCNCC1)C1CC1. The minimum Gasteiger partial charge on any atom is -0.322 e. The van der Waals surface area contributed by atoms with Crippen LogP contribution in [0.2, 0.25) is 0 Å². The van der Waals surface area contributed by atoms with Gasteiger partial charge in [-0.3, -0.25) is 0 Å². The van der Waals surface area contributed by atoms with E-state index in [4.69, 9.17) is 0 Å². The van der Waals surface area contributed by atoms with Gasteiger partial charge in [-0.15, -0.1) is 0 Å². The van der Waals surface area contributed by atoms with Gasteiger partial charge in [0.2, 0.25) is 0 Å². The molecule has 0 aromatic carbocycles. The first-order valence-corrected chi connectivity index (χ1v) is 6.09. The third-order valence-corrected chi connectivity index (χ3v) is 3.09. The molecule has 4 nitrogen and oxygen atoms in total. The maximum absolute atomic E-state index is 12.2. The highest BCUT2D eigenvalue weighted by Gasteiger charge is 2.34. The third kappa shape index (κ3) is 2.62. The summed E-state index contributed by atoms with van der Waals surface area (Å²) in [5.74, 6) is 0. The molecule has 2 fully saturated rings. The second-order valence-corrected chi connectivity index (χ2v) is 4.44. The Hall–Kier alpha value is -0.770. The van der Waals surface area contributed by atoms with Crippen LogP contribution in [0.15, 0.2) is 0 Å². The highest BCUT2D eigenvalue weighted by molar-refractivity contribution is 5.75. The van der Waals surface area contributed by atoms with Crippen LogP contribution in [0.5, 0.6) is 0 Å². The zero-order valence-corrected chi connectivity index (χ0v) is 9.54. The fourth-order valence-corrected chi connectivity index (χ4v) is 2.10. The standard InChI is InChI=1S/C11H21N3O/c1-2-7-14(10-3-4-10)11(15)13-8-5-12-6-9-13/h10,12H,2-9H2,1H3. The van der Waals surface area contributed by atoms with E-state index in [1.807, 2.05) is 4.90 Å². The van der Waals surface area contributed by atoms with Crippen molar-refractivity contribution < 1.29 is 4.79 Å². The number of urea groups is 1. The van der Waals surface area contributed by atoms with Crippen molar-refractivity contribution in [3.63, 3.8) is 0 Å². The van der Waals surface area contributed by atoms with Crippen molar-refractivity contribution in [1.29, 1.82) is 0 Å². The van der Waals surface area contributed by atoms with Crippen LogP contribution in [0, 0.1) is 0 Å². The molecule has 15 heavy (non-hydrogen) atoms. The maximum Gasteiger partial charge on any atom is 0.320 e. The van der Waals surface area contributed by atoms with E-state index < -0.39 is 0 Å². The molecule has 86 valence electrons. The molecule has 2 aliphatic rings. The van der Waals surface area contributed by atoms with Crippen LogP contribution >= 0.6 is 0 Å². The van der Waals surface area contributed by atoms with E-state index in [0.717, 1.165) is 39.1 Å². The maximum atomic E-state index is 12.2. The summed E-state index contributed by atoms with van der Waals surface area (Å²) in [7, 11) is 0. The molecule has 0 aromatic heterocycles. The van der Waals surface area contributed by atoms with Gasteiger partial charge in [0, 0.05) is 38.8 Å². The predicted octanol–water partition coefficient (Wildman–Crippen LogP) is 0.886. The lowest BCUT2D eigenvalue weighted by molar-refractivity contribution is 0.144. The molecule has 2 amide bonds. The molecule has 1 saturated carbocycles. The summed E-state index contributed by atoms with van der Waals surface area (Å²) in [6.45, 7) is 6.68. The Morgan fingerprint density at radius 2 is 2.07 bits per heavy atom. The second-order valence-electron chi connectivity index (χ2n) is 4.44. The molecule has 0 atom stereocenters. The number of amides is 2. The second kappa shape index (κ2) is 4.84. The highest BCUT2D eigenvalue weighted by Crippen LogP contribution is 2.27. The van der Waals surface area contributed by atoms with E-state index >= 15 is 0 Å². The minimum absolute atomic E-state index is 0.265. The first kappa shape index (κ1) is 10.7. The van der Waals surface area contributed by atoms with Gasteiger partial charge in [0.1, 0.15) is 0 Å². The topological polar surface area (TPSA) is 35.6 Å². The smallest absolute Gasteiger partial charge is 0.320 e. The molecule has 2 rings (SSSR count). The molecule has 0 radical (unpaired) electrons. The zero-order chi connectivity index (χ0) is 10.7. The van der Waals surface area contributed by atoms with E-state index in [1.165, 1.54) is 12.8 Å². The summed E-state index contributed by atoms with van der Waals surface area (Å²) < 4.78 is 0. The Labute approximate surface area is 91.6 Å². The summed E-state index contributed by atoms with van der Waals surface area (Å²) in [6, 6.07) is 0.813. The quantitative estimate of drug-likeness (QED) is 0.752. The van der Waals surface area contributed by atoms with Crippen LogP contribution in [0.3, 0.4) is 0 Å². The van der Waals surface area contributed by atoms with E-state index in [1.54, 1.807) is 0 Å². The molecule has 0 spiro atoms. The predicted molar refractivity (Wildman–Crippen MR) is 59.9 cm³/mol. The summed E-state index contributed by atoms with van der Waals surface area (Å²) in [6.07, 6.45) is 3.48. The lowest BCUT2D eigenvalue weighted by Gasteiger charge is -2.33. The summed E-state index contributed by atoms with van der Waals surface area (Å²) >= 11 is 0. The van der Waals surface area contributed by atoms with Gasteiger partial charge in [-0.25, -0.2) is 4.79 Å². The van der Waals surface area contributed by atoms with Crippen LogP contribution < -0.4 is 5.32 Å². The van der Waals surface area contributed by atoms with Crippen LogP contribution in [-0.4, -0.2) is 54.6 Å². The number of nitrogens with zero attached hydrogens (tertiary/aromatic N) is 2. The van der Waals surface area contributed by atoms with E-state index in [9.17, 15) is 4.79 Å². The average Bonchev–Trinajstić information content (AvgIpc) is 3.10. The number of hydrogen-bond donors (Lipinski definition) is 1. The zero-order valence-electron chi connectivity index (χ0n) is 9.54. The minimum atomic E-state index is 0.265. The summed E-state index contributed by atoms with van der Waals surface area (Å²) in [5, 5.41) is 3.27. The molecule has 1 aliphatic carbocycles. The monoisotopic (exact) mass is 211 g/mol. The van der Waals surface area contributed by atoms with E-state index in [-0.39, 0.29) is 6.03 Å². The van der Waals surface area contributed by atoms with Crippen molar-refractivity contribution in [1.82, 2.24) is 15.1 Å². The number of hydrogen-bond acceptors (Lipinski definition) is 2. The molecule has 1 aliphatic heterocycles. The van der Waals surface area contributed by atoms with Gasteiger partial charge in [-0.05, 0) is 19.3 Å². The highest BCUT2D eigenvalue weighted by atomic mass is 16.2. The number of nitrogens with one attached hydrogen (secondary N) is 1. The normalized spacial score (nSPS) is 21.5. The fraction of sp³-hybridized carbons (Fsp3) is 0.909. The van der Waals surface area contributed by atoms with Crippen molar-refractivity contribution in [3.8, 4) is 0 Å². The van der Waals surface area contributed by atoms with Gasteiger partial charge in [0.15, 0.2) is 0 Å². The third-order valence-electron chi connectivity index (χ3n) is 3.09. The van der Waals surface area contributed by atoms with Gasteiger partial charge in [0.25, 0.3) is 0 Å². The van der Waals surface area contributed by atoms with Crippen LogP contribution in [0.25, 0.3) is 0 Å². The van der Waals surface area contributed by atoms with Crippen molar-refractivity contribution in [2.75, 3.05) is 32.7 Å². The Kier molecular flexibility index (Phi) is 3.46. The first-order chi connectivity index (χ1) is 7.33. The first-order valence-electron chi connectivity index (χ1n) is 6.09. The number of piperazine rings is 1. The number of carbonyl (C=O) groups excluding carboxylic acids is 1. The van der Waals surface area contributed by atoms with Gasteiger partial charge < -0.3 is 15.1 Å². The molecule has 1 N–H and O–H groups in total. The molecular formula is C11H21N3O. The Bertz CT molecular complexity index is 222. The van der Waals surface area contributed by atoms with Gasteiger partial charge in [-0.1, -0.05) is 6.92 Å². The molecule has 4 heteroatoms. The van der Waals surface area contributed by atoms with Crippen molar-refractivity contribution in [2.45, 2.75) is 32.2 Å². The Morgan fingerprint density at radius 3 is 2.60 bits per heavy atom. The van der Waals surface area contributed by atoms with E-state index in [0.29, 0.717) is 6.04 Å². The molecule has 0 aromatic rings. The lowest BCUT2D eigenvalue weighted by atomic mass is 10.3. The van der Waals surface area contributed by atoms with Crippen molar-refractivity contribution >= 4 is 6.03 Å². The van der Waals surface area contributed by atoms with Gasteiger partial charge in [0.05, 0.1) is 0 Å². The fourth-order valence-electron chi connectivity index (χ4n) is 2.10. The van der Waals surface area contributed by atoms with Gasteiger partial charge >= 0.3 is 6.03 Å². The molecule has 0 unspecified atom stereocenters. The summed E-state index contributed by atoms with van der Waals surface area (Å²) in [5.41, 5.74) is 0. The lowest BCUT2D eigenvalue weighted by Crippen LogP contribution is -2.52. The molecule has 1 saturated heterocycles. The summed E-state index contributed by atoms with van der Waals surface area (Å²) in [4.78, 5) is 16.3. The van der Waals surface area contributed by atoms with Crippen LogP contribution in [0.4, 0.5) is 4.79 Å². The number of rotatable bonds is 3. The van der Waals surface area contributed by atoms with Crippen molar-refractivity contribution in [3.05, 3.63) is 0 Å². The number of carbonyl (C=O) groups is 1. The Morgan fingerprint density at radius 1 is 1.40 bits per heavy atom.